The van der Waals surface area contributed by atoms with Gasteiger partial charge in [0.15, 0.2) is 0 Å². The molecule has 0 spiro atoms. The molecule has 0 heterocycles. The van der Waals surface area contributed by atoms with Gasteiger partial charge in [0.25, 0.3) is 5.91 Å². The Hall–Kier alpha value is -3.01. The molecule has 21 heavy (non-hydrogen) atoms. The van der Waals surface area contributed by atoms with Crippen molar-refractivity contribution in [3.8, 4) is 6.07 Å². The molecule has 106 valence electrons. The fraction of sp³-hybridized carbons (Fsp3) is 0. The van der Waals surface area contributed by atoms with Crippen LogP contribution in [0.4, 0.5) is 24.5 Å². The first-order chi connectivity index (χ1) is 9.92. The van der Waals surface area contributed by atoms with Gasteiger partial charge in [0, 0.05) is 5.56 Å². The lowest BCUT2D eigenvalue weighted by atomic mass is 10.1. The van der Waals surface area contributed by atoms with Gasteiger partial charge in [-0.15, -0.1) is 0 Å². The summed E-state index contributed by atoms with van der Waals surface area (Å²) in [6.07, 6.45) is 0. The highest BCUT2D eigenvalue weighted by molar-refractivity contribution is 6.05. The van der Waals surface area contributed by atoms with E-state index in [1.165, 1.54) is 6.07 Å². The van der Waals surface area contributed by atoms with Crippen molar-refractivity contribution in [1.29, 1.82) is 5.26 Å². The summed E-state index contributed by atoms with van der Waals surface area (Å²) in [5, 5.41) is 11.1. The zero-order valence-electron chi connectivity index (χ0n) is 10.5. The second kappa shape index (κ2) is 5.54. The number of carbonyl (C=O) groups is 1. The van der Waals surface area contributed by atoms with E-state index in [4.69, 9.17) is 11.0 Å². The highest BCUT2D eigenvalue weighted by atomic mass is 19.1. The maximum absolute atomic E-state index is 13.3. The topological polar surface area (TPSA) is 78.9 Å². The molecule has 1 amide bonds. The number of amides is 1. The lowest BCUT2D eigenvalue weighted by Crippen LogP contribution is -2.14. The summed E-state index contributed by atoms with van der Waals surface area (Å²) in [6, 6.07) is 6.39. The fourth-order valence-corrected chi connectivity index (χ4v) is 1.63. The molecule has 0 bridgehead atoms. The quantitative estimate of drug-likeness (QED) is 0.835. The smallest absolute Gasteiger partial charge is 0.255 e. The Morgan fingerprint density at radius 2 is 1.76 bits per heavy atom. The van der Waals surface area contributed by atoms with Crippen LogP contribution >= 0.6 is 0 Å². The fourth-order valence-electron chi connectivity index (χ4n) is 1.63. The van der Waals surface area contributed by atoms with Crippen LogP contribution in [0.15, 0.2) is 30.3 Å². The standard InChI is InChI=1S/C14H8F3N3O/c15-9-1-2-12(8(3-9)6-18)20-14(21)7-4-10(16)13(19)11(17)5-7/h1-5H,19H2,(H,20,21). The van der Waals surface area contributed by atoms with Crippen LogP contribution in [0.2, 0.25) is 0 Å². The molecule has 2 aromatic carbocycles. The number of hydrogen-bond acceptors (Lipinski definition) is 3. The normalized spacial score (nSPS) is 10.0. The molecule has 0 aromatic heterocycles. The number of nitrogen functional groups attached to an aromatic ring is 1. The zero-order valence-corrected chi connectivity index (χ0v) is 10.5. The molecule has 0 radical (unpaired) electrons. The zero-order chi connectivity index (χ0) is 15.6. The van der Waals surface area contributed by atoms with Gasteiger partial charge in [-0.25, -0.2) is 13.2 Å². The Morgan fingerprint density at radius 3 is 2.33 bits per heavy atom. The SMILES string of the molecule is N#Cc1cc(F)ccc1NC(=O)c1cc(F)c(N)c(F)c1. The van der Waals surface area contributed by atoms with Crippen LogP contribution in [-0.4, -0.2) is 5.91 Å². The number of nitrogens with one attached hydrogen (secondary N) is 1. The van der Waals surface area contributed by atoms with Crippen LogP contribution in [0.25, 0.3) is 0 Å². The number of nitrogens with zero attached hydrogens (tertiary/aromatic N) is 1. The first kappa shape index (κ1) is 14.4. The van der Waals surface area contributed by atoms with E-state index < -0.39 is 29.0 Å². The first-order valence-corrected chi connectivity index (χ1v) is 5.68. The van der Waals surface area contributed by atoms with Crippen molar-refractivity contribution in [2.24, 2.45) is 0 Å². The lowest BCUT2D eigenvalue weighted by molar-refractivity contribution is 0.102. The molecule has 4 nitrogen and oxygen atoms in total. The summed E-state index contributed by atoms with van der Waals surface area (Å²) < 4.78 is 39.5. The van der Waals surface area contributed by atoms with E-state index in [1.54, 1.807) is 6.07 Å². The molecule has 0 aliphatic rings. The van der Waals surface area contributed by atoms with E-state index in [-0.39, 0.29) is 16.8 Å². The average Bonchev–Trinajstić information content (AvgIpc) is 2.45. The summed E-state index contributed by atoms with van der Waals surface area (Å²) >= 11 is 0. The summed E-state index contributed by atoms with van der Waals surface area (Å²) in [6.45, 7) is 0. The molecular weight excluding hydrogens is 283 g/mol. The van der Waals surface area contributed by atoms with E-state index >= 15 is 0 Å². The Morgan fingerprint density at radius 1 is 1.14 bits per heavy atom. The predicted octanol–water partition coefficient (Wildman–Crippen LogP) is 2.81. The molecule has 0 atom stereocenters. The van der Waals surface area contributed by atoms with E-state index in [0.29, 0.717) is 0 Å². The minimum Gasteiger partial charge on any atom is -0.394 e. The Kier molecular flexibility index (Phi) is 3.80. The van der Waals surface area contributed by atoms with Crippen molar-refractivity contribution < 1.29 is 18.0 Å². The van der Waals surface area contributed by atoms with Crippen LogP contribution in [-0.2, 0) is 0 Å². The van der Waals surface area contributed by atoms with Crippen LogP contribution in [0, 0.1) is 28.8 Å². The summed E-state index contributed by atoms with van der Waals surface area (Å²) in [7, 11) is 0. The van der Waals surface area contributed by atoms with E-state index in [0.717, 1.165) is 24.3 Å². The number of benzene rings is 2. The number of rotatable bonds is 2. The van der Waals surface area contributed by atoms with Crippen molar-refractivity contribution in [3.05, 3.63) is 58.9 Å². The molecule has 3 N–H and O–H groups in total. The van der Waals surface area contributed by atoms with Gasteiger partial charge in [0.1, 0.15) is 29.2 Å². The second-order valence-electron chi connectivity index (χ2n) is 4.11. The molecule has 2 aromatic rings. The van der Waals surface area contributed by atoms with Crippen molar-refractivity contribution >= 4 is 17.3 Å². The molecule has 0 fully saturated rings. The predicted molar refractivity (Wildman–Crippen MR) is 69.8 cm³/mol. The number of nitriles is 1. The number of anilines is 2. The van der Waals surface area contributed by atoms with Crippen LogP contribution < -0.4 is 11.1 Å². The van der Waals surface area contributed by atoms with Gasteiger partial charge in [-0.2, -0.15) is 5.26 Å². The lowest BCUT2D eigenvalue weighted by Gasteiger charge is -2.08. The summed E-state index contributed by atoms with van der Waals surface area (Å²) in [5.41, 5.74) is 4.02. The Balaban J connectivity index is 2.33. The van der Waals surface area contributed by atoms with Crippen molar-refractivity contribution in [2.75, 3.05) is 11.1 Å². The molecule has 7 heteroatoms. The molecule has 0 aliphatic heterocycles. The van der Waals surface area contributed by atoms with Crippen molar-refractivity contribution in [1.82, 2.24) is 0 Å². The highest BCUT2D eigenvalue weighted by Gasteiger charge is 2.15. The maximum Gasteiger partial charge on any atom is 0.255 e. The number of carbonyl (C=O) groups excluding carboxylic acids is 1. The third kappa shape index (κ3) is 2.95. The second-order valence-corrected chi connectivity index (χ2v) is 4.11. The minimum atomic E-state index is -1.07. The highest BCUT2D eigenvalue weighted by Crippen LogP contribution is 2.20. The summed E-state index contributed by atoms with van der Waals surface area (Å²) in [5.74, 6) is -3.63. The molecule has 0 unspecified atom stereocenters. The summed E-state index contributed by atoms with van der Waals surface area (Å²) in [4.78, 5) is 11.9. The monoisotopic (exact) mass is 291 g/mol. The van der Waals surface area contributed by atoms with Gasteiger partial charge in [-0.05, 0) is 30.3 Å². The molecule has 0 saturated heterocycles. The third-order valence-corrected chi connectivity index (χ3v) is 2.69. The van der Waals surface area contributed by atoms with Gasteiger partial charge >= 0.3 is 0 Å². The van der Waals surface area contributed by atoms with E-state index in [2.05, 4.69) is 5.32 Å². The Bertz CT molecular complexity index is 746. The molecule has 2 rings (SSSR count). The largest absolute Gasteiger partial charge is 0.394 e. The van der Waals surface area contributed by atoms with Gasteiger partial charge in [-0.1, -0.05) is 0 Å². The van der Waals surface area contributed by atoms with E-state index in [9.17, 15) is 18.0 Å². The number of nitrogens with two attached hydrogens (primary N) is 1. The molecular formula is C14H8F3N3O. The van der Waals surface area contributed by atoms with Gasteiger partial charge in [0.2, 0.25) is 0 Å². The van der Waals surface area contributed by atoms with Crippen molar-refractivity contribution in [3.63, 3.8) is 0 Å². The van der Waals surface area contributed by atoms with E-state index in [1.807, 2.05) is 0 Å². The maximum atomic E-state index is 13.3. The third-order valence-electron chi connectivity index (χ3n) is 2.69. The Labute approximate surface area is 117 Å². The first-order valence-electron chi connectivity index (χ1n) is 5.68. The minimum absolute atomic E-state index is 0.0292. The van der Waals surface area contributed by atoms with Gasteiger partial charge < -0.3 is 11.1 Å². The van der Waals surface area contributed by atoms with Gasteiger partial charge in [0.05, 0.1) is 11.3 Å². The number of hydrogen-bond donors (Lipinski definition) is 2. The molecule has 0 saturated carbocycles. The number of halogens is 3. The van der Waals surface area contributed by atoms with Crippen LogP contribution in [0.1, 0.15) is 15.9 Å². The average molecular weight is 291 g/mol. The van der Waals surface area contributed by atoms with Crippen molar-refractivity contribution in [2.45, 2.75) is 0 Å². The van der Waals surface area contributed by atoms with Crippen LogP contribution in [0.5, 0.6) is 0 Å². The van der Waals surface area contributed by atoms with Crippen LogP contribution in [0.3, 0.4) is 0 Å². The van der Waals surface area contributed by atoms with Gasteiger partial charge in [-0.3, -0.25) is 4.79 Å². The molecule has 0 aliphatic carbocycles.